The quantitative estimate of drug-likeness (QED) is 0.640. The number of hydrogen-bond donors (Lipinski definition) is 1. The summed E-state index contributed by atoms with van der Waals surface area (Å²) in [6, 6.07) is 8.25. The van der Waals surface area contributed by atoms with Gasteiger partial charge >= 0.3 is 0 Å². The zero-order valence-corrected chi connectivity index (χ0v) is 18.8. The highest BCUT2D eigenvalue weighted by Crippen LogP contribution is 2.28. The van der Waals surface area contributed by atoms with E-state index in [9.17, 15) is 9.59 Å². The van der Waals surface area contributed by atoms with E-state index < -0.39 is 0 Å². The number of piperazine rings is 1. The van der Waals surface area contributed by atoms with Crippen LogP contribution in [0.2, 0.25) is 0 Å². The number of carbonyl (C=O) groups excluding carboxylic acids is 2. The van der Waals surface area contributed by atoms with Crippen molar-refractivity contribution in [1.29, 1.82) is 0 Å². The van der Waals surface area contributed by atoms with Gasteiger partial charge in [0.2, 0.25) is 11.8 Å². The van der Waals surface area contributed by atoms with Gasteiger partial charge in [-0.25, -0.2) is 0 Å². The molecule has 2 aliphatic rings. The normalized spacial score (nSPS) is 17.4. The highest BCUT2D eigenvalue weighted by molar-refractivity contribution is 5.85. The smallest absolute Gasteiger partial charge is 0.239 e. The Morgan fingerprint density at radius 2 is 1.87 bits per heavy atom. The zero-order valence-electron chi connectivity index (χ0n) is 18.0. The number of benzene rings is 1. The predicted molar refractivity (Wildman–Crippen MR) is 122 cm³/mol. The Hall–Kier alpha value is -1.99. The van der Waals surface area contributed by atoms with Gasteiger partial charge in [-0.15, -0.1) is 12.4 Å². The van der Waals surface area contributed by atoms with E-state index in [1.807, 2.05) is 12.1 Å². The molecule has 0 aliphatic carbocycles. The van der Waals surface area contributed by atoms with Gasteiger partial charge in [0, 0.05) is 52.2 Å². The second-order valence-corrected chi connectivity index (χ2v) is 7.77. The van der Waals surface area contributed by atoms with E-state index in [1.54, 1.807) is 4.90 Å². The van der Waals surface area contributed by atoms with Crippen molar-refractivity contribution in [2.24, 2.45) is 0 Å². The molecule has 2 heterocycles. The third-order valence-corrected chi connectivity index (χ3v) is 5.55. The van der Waals surface area contributed by atoms with Gasteiger partial charge in [0.05, 0.1) is 18.8 Å². The maximum Gasteiger partial charge on any atom is 0.239 e. The molecule has 30 heavy (non-hydrogen) atoms. The first kappa shape index (κ1) is 24.3. The summed E-state index contributed by atoms with van der Waals surface area (Å²) in [6.45, 7) is 9.03. The minimum atomic E-state index is -0.0547. The van der Waals surface area contributed by atoms with Gasteiger partial charge in [-0.2, -0.15) is 0 Å². The number of halogens is 1. The third kappa shape index (κ3) is 7.06. The lowest BCUT2D eigenvalue weighted by molar-refractivity contribution is -0.137. The van der Waals surface area contributed by atoms with Gasteiger partial charge in [-0.3, -0.25) is 14.5 Å². The van der Waals surface area contributed by atoms with Gasteiger partial charge in [-0.05, 0) is 31.4 Å². The van der Waals surface area contributed by atoms with Gasteiger partial charge in [0.15, 0.2) is 0 Å². The number of ether oxygens (including phenoxy) is 1. The molecule has 0 bridgehead atoms. The molecule has 0 unspecified atom stereocenters. The molecule has 168 valence electrons. The molecule has 7 nitrogen and oxygen atoms in total. The van der Waals surface area contributed by atoms with Crippen molar-refractivity contribution >= 4 is 29.9 Å². The second kappa shape index (κ2) is 12.6. The molecule has 0 aromatic heterocycles. The fourth-order valence-electron chi connectivity index (χ4n) is 3.88. The summed E-state index contributed by atoms with van der Waals surface area (Å²) >= 11 is 0. The fraction of sp³-hybridized carbons (Fsp3) is 0.636. The standard InChI is InChI=1S/C22H34N4O3.ClH/c1-2-17-29-20-8-4-3-7-19(20)25-15-13-24(14-16-25)12-10-23-21(27)18-26-11-6-5-9-22(26)28;/h3-4,7-8H,2,5-6,9-18H2,1H3,(H,23,27);1H. The Morgan fingerprint density at radius 3 is 2.60 bits per heavy atom. The van der Waals surface area contributed by atoms with Crippen molar-refractivity contribution in [2.75, 3.05) is 63.9 Å². The largest absolute Gasteiger partial charge is 0.491 e. The second-order valence-electron chi connectivity index (χ2n) is 7.77. The van der Waals surface area contributed by atoms with E-state index in [1.165, 1.54) is 5.69 Å². The third-order valence-electron chi connectivity index (χ3n) is 5.55. The molecule has 0 saturated carbocycles. The van der Waals surface area contributed by atoms with Crippen molar-refractivity contribution in [1.82, 2.24) is 15.1 Å². The summed E-state index contributed by atoms with van der Waals surface area (Å²) < 4.78 is 5.90. The Morgan fingerprint density at radius 1 is 1.10 bits per heavy atom. The molecule has 2 fully saturated rings. The lowest BCUT2D eigenvalue weighted by atomic mass is 10.1. The van der Waals surface area contributed by atoms with Gasteiger partial charge in [0.25, 0.3) is 0 Å². The first-order valence-electron chi connectivity index (χ1n) is 10.9. The average molecular weight is 439 g/mol. The van der Waals surface area contributed by atoms with Crippen LogP contribution < -0.4 is 15.0 Å². The molecule has 2 aliphatic heterocycles. The lowest BCUT2D eigenvalue weighted by Gasteiger charge is -2.36. The van der Waals surface area contributed by atoms with Gasteiger partial charge in [0.1, 0.15) is 5.75 Å². The van der Waals surface area contributed by atoms with Gasteiger partial charge < -0.3 is 19.9 Å². The number of piperidine rings is 1. The van der Waals surface area contributed by atoms with Gasteiger partial charge in [-0.1, -0.05) is 19.1 Å². The van der Waals surface area contributed by atoms with Crippen LogP contribution in [0.3, 0.4) is 0 Å². The predicted octanol–water partition coefficient (Wildman–Crippen LogP) is 2.15. The molecule has 1 aromatic carbocycles. The average Bonchev–Trinajstić information content (AvgIpc) is 2.75. The first-order valence-corrected chi connectivity index (χ1v) is 10.9. The van der Waals surface area contributed by atoms with Crippen LogP contribution >= 0.6 is 12.4 Å². The van der Waals surface area contributed by atoms with Crippen molar-refractivity contribution in [3.63, 3.8) is 0 Å². The van der Waals surface area contributed by atoms with E-state index in [4.69, 9.17) is 4.74 Å². The van der Waals surface area contributed by atoms with Crippen LogP contribution in [0, 0.1) is 0 Å². The monoisotopic (exact) mass is 438 g/mol. The van der Waals surface area contributed by atoms with Crippen LogP contribution in [0.1, 0.15) is 32.6 Å². The lowest BCUT2D eigenvalue weighted by Crippen LogP contribution is -2.49. The highest BCUT2D eigenvalue weighted by Gasteiger charge is 2.21. The fourth-order valence-corrected chi connectivity index (χ4v) is 3.88. The Kier molecular flexibility index (Phi) is 10.2. The Labute approximate surface area is 186 Å². The zero-order chi connectivity index (χ0) is 20.5. The molecule has 1 aromatic rings. The van der Waals surface area contributed by atoms with Crippen molar-refractivity contribution < 1.29 is 14.3 Å². The molecule has 8 heteroatoms. The number of hydrogen-bond acceptors (Lipinski definition) is 5. The number of nitrogens with one attached hydrogen (secondary N) is 1. The molecule has 0 radical (unpaired) electrons. The highest BCUT2D eigenvalue weighted by atomic mass is 35.5. The molecular weight excluding hydrogens is 404 g/mol. The number of likely N-dealkylation sites (tertiary alicyclic amines) is 1. The summed E-state index contributed by atoms with van der Waals surface area (Å²) in [5.74, 6) is 1.01. The molecule has 1 N–H and O–H groups in total. The van der Waals surface area contributed by atoms with E-state index >= 15 is 0 Å². The Balaban J connectivity index is 0.00000320. The summed E-state index contributed by atoms with van der Waals surface area (Å²) in [5.41, 5.74) is 1.17. The van der Waals surface area contributed by atoms with Crippen LogP contribution in [0.4, 0.5) is 5.69 Å². The SMILES string of the molecule is CCCOc1ccccc1N1CCN(CCNC(=O)CN2CCCCC2=O)CC1.Cl. The topological polar surface area (TPSA) is 65.1 Å². The van der Waals surface area contributed by atoms with E-state index in [2.05, 4.69) is 34.2 Å². The number of rotatable bonds is 9. The van der Waals surface area contributed by atoms with E-state index in [0.717, 1.165) is 64.3 Å². The molecule has 2 saturated heterocycles. The van der Waals surface area contributed by atoms with Crippen LogP contribution in [-0.2, 0) is 9.59 Å². The van der Waals surface area contributed by atoms with E-state index in [0.29, 0.717) is 19.5 Å². The van der Waals surface area contributed by atoms with E-state index in [-0.39, 0.29) is 30.8 Å². The Bertz CT molecular complexity index is 680. The first-order chi connectivity index (χ1) is 14.2. The molecule has 0 spiro atoms. The van der Waals surface area contributed by atoms with Crippen molar-refractivity contribution in [3.05, 3.63) is 24.3 Å². The minimum Gasteiger partial charge on any atom is -0.491 e. The number of amides is 2. The molecule has 2 amide bonds. The number of nitrogens with zero attached hydrogens (tertiary/aromatic N) is 3. The van der Waals surface area contributed by atoms with Crippen LogP contribution in [-0.4, -0.2) is 80.6 Å². The van der Waals surface area contributed by atoms with Crippen molar-refractivity contribution in [3.8, 4) is 5.75 Å². The van der Waals surface area contributed by atoms with Crippen LogP contribution in [0.5, 0.6) is 5.75 Å². The maximum absolute atomic E-state index is 12.1. The molecule has 3 rings (SSSR count). The van der Waals surface area contributed by atoms with Crippen LogP contribution in [0.15, 0.2) is 24.3 Å². The maximum atomic E-state index is 12.1. The molecule has 0 atom stereocenters. The number of para-hydroxylation sites is 2. The number of carbonyl (C=O) groups is 2. The summed E-state index contributed by atoms with van der Waals surface area (Å²) in [5, 5.41) is 2.96. The molecular formula is C22H35ClN4O3. The van der Waals surface area contributed by atoms with Crippen LogP contribution in [0.25, 0.3) is 0 Å². The minimum absolute atomic E-state index is 0. The summed E-state index contributed by atoms with van der Waals surface area (Å²) in [6.07, 6.45) is 3.51. The van der Waals surface area contributed by atoms with Crippen molar-refractivity contribution in [2.45, 2.75) is 32.6 Å². The number of anilines is 1. The summed E-state index contributed by atoms with van der Waals surface area (Å²) in [4.78, 5) is 30.3. The summed E-state index contributed by atoms with van der Waals surface area (Å²) in [7, 11) is 0.